The first-order valence-electron chi connectivity index (χ1n) is 10.4. The second-order valence-electron chi connectivity index (χ2n) is 7.98. The van der Waals surface area contributed by atoms with E-state index in [1.165, 1.54) is 114 Å². The predicted molar refractivity (Wildman–Crippen MR) is 102 cm³/mol. The monoisotopic (exact) mass is 347 g/mol. The van der Waals surface area contributed by atoms with Crippen LogP contribution in [-0.2, 0) is 0 Å². The van der Waals surface area contributed by atoms with Gasteiger partial charge in [-0.15, -0.1) is 0 Å². The summed E-state index contributed by atoms with van der Waals surface area (Å²) < 4.78 is 1.24. The fraction of sp³-hybridized carbons (Fsp3) is 1.00. The number of hydrogen-bond donors (Lipinski definition) is 0. The molecule has 0 fully saturated rings. The van der Waals surface area contributed by atoms with Gasteiger partial charge in [-0.2, -0.15) is 0 Å². The minimum atomic E-state index is 0. The molecule has 0 N–H and O–H groups in total. The number of nitrogens with zero attached hydrogens (tertiary/aromatic N) is 1. The van der Waals surface area contributed by atoms with Crippen LogP contribution in [0.15, 0.2) is 0 Å². The highest BCUT2D eigenvalue weighted by atomic mass is 35.5. The summed E-state index contributed by atoms with van der Waals surface area (Å²) in [6.45, 7) is 7.35. The molecular formula is C21H46ClN. The summed E-state index contributed by atoms with van der Waals surface area (Å²) in [6.07, 6.45) is 21.5. The van der Waals surface area contributed by atoms with Crippen molar-refractivity contribution in [2.75, 3.05) is 27.2 Å². The number of hydrogen-bond acceptors (Lipinski definition) is 0. The molecule has 0 saturated carbocycles. The van der Waals surface area contributed by atoms with Crippen LogP contribution in [-0.4, -0.2) is 31.7 Å². The second-order valence-corrected chi connectivity index (χ2v) is 7.98. The Morgan fingerprint density at radius 1 is 0.435 bits per heavy atom. The third-order valence-electron chi connectivity index (χ3n) is 4.98. The van der Waals surface area contributed by atoms with Gasteiger partial charge in [0, 0.05) is 0 Å². The molecule has 2 heteroatoms. The van der Waals surface area contributed by atoms with Crippen molar-refractivity contribution in [2.45, 2.75) is 110 Å². The molecule has 0 unspecified atom stereocenters. The fourth-order valence-electron chi connectivity index (χ4n) is 3.28. The average Bonchev–Trinajstić information content (AvgIpc) is 2.49. The van der Waals surface area contributed by atoms with E-state index in [1.54, 1.807) is 0 Å². The smallest absolute Gasteiger partial charge is 0.0782 e. The standard InChI is InChI=1S/C21H46N.ClH/c1-5-7-9-11-13-15-17-19-21-22(3,4)20-18-16-14-12-10-8-6-2;/h5-21H2,1-4H3;1H/q+1;/p-1. The zero-order chi connectivity index (χ0) is 16.5. The van der Waals surface area contributed by atoms with Crippen LogP contribution < -0.4 is 12.4 Å². The summed E-state index contributed by atoms with van der Waals surface area (Å²) in [4.78, 5) is 0. The zero-order valence-electron chi connectivity index (χ0n) is 16.8. The molecule has 0 radical (unpaired) electrons. The maximum absolute atomic E-state index is 2.43. The molecule has 0 amide bonds. The molecule has 0 atom stereocenters. The van der Waals surface area contributed by atoms with Crippen LogP contribution in [0.2, 0.25) is 0 Å². The van der Waals surface area contributed by atoms with E-state index in [0.29, 0.717) is 0 Å². The molecule has 0 heterocycles. The van der Waals surface area contributed by atoms with Crippen LogP contribution >= 0.6 is 0 Å². The quantitative estimate of drug-likeness (QED) is 0.276. The number of unbranched alkanes of at least 4 members (excludes halogenated alkanes) is 13. The summed E-state index contributed by atoms with van der Waals surface area (Å²) in [5.41, 5.74) is 0. The fourth-order valence-corrected chi connectivity index (χ4v) is 3.28. The van der Waals surface area contributed by atoms with Crippen molar-refractivity contribution in [3.05, 3.63) is 0 Å². The normalized spacial score (nSPS) is 11.5. The lowest BCUT2D eigenvalue weighted by atomic mass is 10.1. The summed E-state index contributed by atoms with van der Waals surface area (Å²) in [7, 11) is 4.86. The lowest BCUT2D eigenvalue weighted by Crippen LogP contribution is -3.00. The van der Waals surface area contributed by atoms with Crippen LogP contribution in [0.5, 0.6) is 0 Å². The minimum Gasteiger partial charge on any atom is -1.00 e. The van der Waals surface area contributed by atoms with Crippen molar-refractivity contribution < 1.29 is 16.9 Å². The highest BCUT2D eigenvalue weighted by Gasteiger charge is 2.13. The van der Waals surface area contributed by atoms with Gasteiger partial charge in [0.25, 0.3) is 0 Å². The minimum absolute atomic E-state index is 0. The van der Waals surface area contributed by atoms with Crippen LogP contribution in [0, 0.1) is 0 Å². The first-order chi connectivity index (χ1) is 10.6. The first-order valence-corrected chi connectivity index (χ1v) is 10.4. The van der Waals surface area contributed by atoms with Crippen LogP contribution in [0.1, 0.15) is 110 Å². The lowest BCUT2D eigenvalue weighted by molar-refractivity contribution is -0.890. The molecule has 0 aromatic rings. The maximum Gasteiger partial charge on any atom is 0.0782 e. The Bertz CT molecular complexity index is 216. The van der Waals surface area contributed by atoms with E-state index in [1.807, 2.05) is 0 Å². The van der Waals surface area contributed by atoms with Gasteiger partial charge in [-0.25, -0.2) is 0 Å². The maximum atomic E-state index is 2.43. The molecule has 0 spiro atoms. The highest BCUT2D eigenvalue weighted by molar-refractivity contribution is 4.48. The van der Waals surface area contributed by atoms with E-state index in [9.17, 15) is 0 Å². The summed E-state index contributed by atoms with van der Waals surface area (Å²) in [5.74, 6) is 0. The van der Waals surface area contributed by atoms with Gasteiger partial charge in [0.15, 0.2) is 0 Å². The van der Waals surface area contributed by atoms with Crippen LogP contribution in [0.4, 0.5) is 0 Å². The van der Waals surface area contributed by atoms with E-state index >= 15 is 0 Å². The van der Waals surface area contributed by atoms with Crippen molar-refractivity contribution >= 4 is 0 Å². The van der Waals surface area contributed by atoms with Gasteiger partial charge in [-0.3, -0.25) is 0 Å². The Morgan fingerprint density at radius 2 is 0.696 bits per heavy atom. The molecule has 0 bridgehead atoms. The zero-order valence-corrected chi connectivity index (χ0v) is 17.6. The van der Waals surface area contributed by atoms with Crippen molar-refractivity contribution in [3.63, 3.8) is 0 Å². The Labute approximate surface area is 154 Å². The van der Waals surface area contributed by atoms with Gasteiger partial charge in [0.05, 0.1) is 27.2 Å². The van der Waals surface area contributed by atoms with Crippen molar-refractivity contribution in [1.82, 2.24) is 0 Å². The van der Waals surface area contributed by atoms with Gasteiger partial charge in [0.1, 0.15) is 0 Å². The lowest BCUT2D eigenvalue weighted by Gasteiger charge is -2.30. The molecule has 23 heavy (non-hydrogen) atoms. The molecule has 0 aromatic heterocycles. The average molecular weight is 348 g/mol. The summed E-state index contributed by atoms with van der Waals surface area (Å²) in [5, 5.41) is 0. The molecule has 0 aromatic carbocycles. The molecule has 0 aliphatic rings. The van der Waals surface area contributed by atoms with Gasteiger partial charge < -0.3 is 16.9 Å². The van der Waals surface area contributed by atoms with E-state index in [0.717, 1.165) is 0 Å². The molecule has 0 aliphatic heterocycles. The molecule has 0 aliphatic carbocycles. The van der Waals surface area contributed by atoms with E-state index in [2.05, 4.69) is 27.9 Å². The first kappa shape index (κ1) is 25.5. The number of quaternary nitrogens is 1. The van der Waals surface area contributed by atoms with Crippen molar-refractivity contribution in [2.24, 2.45) is 0 Å². The van der Waals surface area contributed by atoms with E-state index < -0.39 is 0 Å². The topological polar surface area (TPSA) is 0 Å². The Morgan fingerprint density at radius 3 is 1.00 bits per heavy atom. The third kappa shape index (κ3) is 20.2. The summed E-state index contributed by atoms with van der Waals surface area (Å²) in [6, 6.07) is 0. The largest absolute Gasteiger partial charge is 1.00 e. The Hall–Kier alpha value is 0.250. The summed E-state index contributed by atoms with van der Waals surface area (Å²) >= 11 is 0. The van der Waals surface area contributed by atoms with E-state index in [4.69, 9.17) is 0 Å². The highest BCUT2D eigenvalue weighted by Crippen LogP contribution is 2.12. The molecular weight excluding hydrogens is 302 g/mol. The van der Waals surface area contributed by atoms with Crippen LogP contribution in [0.25, 0.3) is 0 Å². The van der Waals surface area contributed by atoms with E-state index in [-0.39, 0.29) is 12.4 Å². The third-order valence-corrected chi connectivity index (χ3v) is 4.98. The predicted octanol–water partition coefficient (Wildman–Crippen LogP) is 3.96. The second kappa shape index (κ2) is 18.6. The van der Waals surface area contributed by atoms with Crippen molar-refractivity contribution in [3.8, 4) is 0 Å². The number of rotatable bonds is 17. The SMILES string of the molecule is CCCCCCCCCC[N+](C)(C)CCCCCCCCC.[Cl-]. The van der Waals surface area contributed by atoms with Gasteiger partial charge in [-0.05, 0) is 25.7 Å². The Balaban J connectivity index is 0. The molecule has 0 rings (SSSR count). The molecule has 0 saturated heterocycles. The van der Waals surface area contributed by atoms with Crippen LogP contribution in [0.3, 0.4) is 0 Å². The van der Waals surface area contributed by atoms with Gasteiger partial charge >= 0.3 is 0 Å². The molecule has 142 valence electrons. The van der Waals surface area contributed by atoms with Crippen molar-refractivity contribution in [1.29, 1.82) is 0 Å². The molecule has 1 nitrogen and oxygen atoms in total. The van der Waals surface area contributed by atoms with Gasteiger partial charge in [-0.1, -0.05) is 84.5 Å². The Kier molecular flexibility index (Phi) is 20.6. The van der Waals surface area contributed by atoms with Gasteiger partial charge in [0.2, 0.25) is 0 Å². The number of halogens is 1.